The van der Waals surface area contributed by atoms with Crippen LogP contribution >= 0.6 is 0 Å². The number of anilines is 2. The van der Waals surface area contributed by atoms with Crippen molar-refractivity contribution in [3.8, 4) is 0 Å². The van der Waals surface area contributed by atoms with Gasteiger partial charge in [-0.05, 0) is 61.1 Å². The molecule has 0 aromatic heterocycles. The van der Waals surface area contributed by atoms with E-state index in [0.29, 0.717) is 17.9 Å². The molecule has 32 heavy (non-hydrogen) atoms. The molecule has 2 unspecified atom stereocenters. The van der Waals surface area contributed by atoms with Crippen molar-refractivity contribution in [3.63, 3.8) is 0 Å². The van der Waals surface area contributed by atoms with Crippen molar-refractivity contribution in [2.75, 3.05) is 36.9 Å². The first-order valence-corrected chi connectivity index (χ1v) is 11.2. The van der Waals surface area contributed by atoms with Crippen LogP contribution in [0.4, 0.5) is 21.0 Å². The van der Waals surface area contributed by atoms with Gasteiger partial charge in [-0.3, -0.25) is 0 Å². The Hall–Kier alpha value is -3.10. The Morgan fingerprint density at radius 3 is 2.50 bits per heavy atom. The van der Waals surface area contributed by atoms with E-state index in [1.807, 2.05) is 12.1 Å². The number of nitrogens with zero attached hydrogens (tertiary/aromatic N) is 1. The van der Waals surface area contributed by atoms with Crippen LogP contribution in [0.2, 0.25) is 0 Å². The van der Waals surface area contributed by atoms with Gasteiger partial charge in [0.2, 0.25) is 0 Å². The molecule has 4 rings (SSSR count). The standard InChI is InChI=1S/C24H30N4O4/c29-14-13-28(22-12-7-17-4-1-2-6-21(17)22)24(31)27-19-10-8-18(9-11-19)26-23(30)25-16-20-5-3-15-32-20/h1-2,4,6,8-11,20,22,29H,3,5,7,12-16H2,(H,27,31)(H2,25,26,30). The lowest BCUT2D eigenvalue weighted by Crippen LogP contribution is -2.39. The van der Waals surface area contributed by atoms with Crippen molar-refractivity contribution in [2.24, 2.45) is 0 Å². The van der Waals surface area contributed by atoms with Gasteiger partial charge in [0.25, 0.3) is 0 Å². The topological polar surface area (TPSA) is 103 Å². The number of urea groups is 2. The second kappa shape index (κ2) is 10.5. The fourth-order valence-electron chi connectivity index (χ4n) is 4.38. The second-order valence-electron chi connectivity index (χ2n) is 8.15. The van der Waals surface area contributed by atoms with Crippen LogP contribution in [0.25, 0.3) is 0 Å². The molecule has 4 amide bonds. The summed E-state index contributed by atoms with van der Waals surface area (Å²) in [4.78, 5) is 26.7. The van der Waals surface area contributed by atoms with Gasteiger partial charge in [-0.15, -0.1) is 0 Å². The summed E-state index contributed by atoms with van der Waals surface area (Å²) >= 11 is 0. The van der Waals surface area contributed by atoms with Crippen LogP contribution in [0.1, 0.15) is 36.4 Å². The summed E-state index contributed by atoms with van der Waals surface area (Å²) in [5.74, 6) is 0. The lowest BCUT2D eigenvalue weighted by molar-refractivity contribution is 0.112. The summed E-state index contributed by atoms with van der Waals surface area (Å²) in [6.07, 6.45) is 3.85. The quantitative estimate of drug-likeness (QED) is 0.531. The highest BCUT2D eigenvalue weighted by Gasteiger charge is 2.30. The molecule has 1 fully saturated rings. The predicted molar refractivity (Wildman–Crippen MR) is 123 cm³/mol. The van der Waals surface area contributed by atoms with Gasteiger partial charge in [0.05, 0.1) is 18.8 Å². The van der Waals surface area contributed by atoms with Crippen molar-refractivity contribution >= 4 is 23.4 Å². The third kappa shape index (κ3) is 5.38. The minimum absolute atomic E-state index is 0.0492. The Morgan fingerprint density at radius 1 is 1.03 bits per heavy atom. The first kappa shape index (κ1) is 22.1. The first-order valence-electron chi connectivity index (χ1n) is 11.2. The number of carbonyl (C=O) groups is 2. The van der Waals surface area contributed by atoms with E-state index in [1.165, 1.54) is 5.56 Å². The number of rotatable bonds is 7. The maximum atomic E-state index is 13.0. The Kier molecular flexibility index (Phi) is 7.24. The highest BCUT2D eigenvalue weighted by Crippen LogP contribution is 2.35. The van der Waals surface area contributed by atoms with Crippen molar-refractivity contribution in [1.29, 1.82) is 0 Å². The molecule has 1 saturated heterocycles. The predicted octanol–water partition coefficient (Wildman–Crippen LogP) is 3.50. The summed E-state index contributed by atoms with van der Waals surface area (Å²) < 4.78 is 5.50. The first-order chi connectivity index (χ1) is 15.6. The van der Waals surface area contributed by atoms with Gasteiger partial charge < -0.3 is 30.7 Å². The van der Waals surface area contributed by atoms with Gasteiger partial charge in [0.1, 0.15) is 0 Å². The van der Waals surface area contributed by atoms with Gasteiger partial charge >= 0.3 is 12.1 Å². The van der Waals surface area contributed by atoms with E-state index in [1.54, 1.807) is 29.2 Å². The fraction of sp³-hybridized carbons (Fsp3) is 0.417. The molecule has 0 radical (unpaired) electrons. The van der Waals surface area contributed by atoms with E-state index in [-0.39, 0.29) is 37.4 Å². The number of aliphatic hydroxyl groups is 1. The fourth-order valence-corrected chi connectivity index (χ4v) is 4.38. The van der Waals surface area contributed by atoms with Gasteiger partial charge in [-0.2, -0.15) is 0 Å². The molecule has 2 aromatic rings. The molecule has 1 heterocycles. The number of hydrogen-bond acceptors (Lipinski definition) is 4. The van der Waals surface area contributed by atoms with Crippen LogP contribution in [-0.4, -0.2) is 54.5 Å². The molecule has 2 atom stereocenters. The maximum absolute atomic E-state index is 13.0. The monoisotopic (exact) mass is 438 g/mol. The number of aryl methyl sites for hydroxylation is 1. The van der Waals surface area contributed by atoms with Gasteiger partial charge in [0, 0.05) is 31.1 Å². The molecule has 1 aliphatic heterocycles. The van der Waals surface area contributed by atoms with Crippen LogP contribution in [0.15, 0.2) is 48.5 Å². The van der Waals surface area contributed by atoms with Crippen LogP contribution in [0.5, 0.6) is 0 Å². The molecule has 0 saturated carbocycles. The van der Waals surface area contributed by atoms with Crippen LogP contribution in [-0.2, 0) is 11.2 Å². The molecule has 4 N–H and O–H groups in total. The number of benzene rings is 2. The van der Waals surface area contributed by atoms with E-state index in [0.717, 1.165) is 37.9 Å². The number of carbonyl (C=O) groups excluding carboxylic acids is 2. The number of ether oxygens (including phenoxy) is 1. The number of hydrogen-bond donors (Lipinski definition) is 4. The van der Waals surface area contributed by atoms with E-state index in [4.69, 9.17) is 4.74 Å². The molecule has 0 spiro atoms. The molecule has 2 aromatic carbocycles. The van der Waals surface area contributed by atoms with E-state index >= 15 is 0 Å². The van der Waals surface area contributed by atoms with E-state index < -0.39 is 0 Å². The average Bonchev–Trinajstić information content (AvgIpc) is 3.47. The van der Waals surface area contributed by atoms with Gasteiger partial charge in [-0.25, -0.2) is 9.59 Å². The summed E-state index contributed by atoms with van der Waals surface area (Å²) in [7, 11) is 0. The zero-order valence-electron chi connectivity index (χ0n) is 18.0. The summed E-state index contributed by atoms with van der Waals surface area (Å²) in [6.45, 7) is 1.40. The summed E-state index contributed by atoms with van der Waals surface area (Å²) in [6, 6.07) is 14.5. The molecular formula is C24H30N4O4. The summed E-state index contributed by atoms with van der Waals surface area (Å²) in [5.41, 5.74) is 3.64. The number of amides is 4. The molecule has 170 valence electrons. The molecule has 0 bridgehead atoms. The SMILES string of the molecule is O=C(NCC1CCCO1)Nc1ccc(NC(=O)N(CCO)C2CCc3ccccc32)cc1. The van der Waals surface area contributed by atoms with Crippen LogP contribution in [0.3, 0.4) is 0 Å². The molecule has 2 aliphatic rings. The molecule has 1 aliphatic carbocycles. The Bertz CT molecular complexity index is 928. The zero-order valence-corrected chi connectivity index (χ0v) is 18.0. The number of fused-ring (bicyclic) bond motifs is 1. The van der Waals surface area contributed by atoms with E-state index in [2.05, 4.69) is 28.1 Å². The Morgan fingerprint density at radius 2 is 1.78 bits per heavy atom. The maximum Gasteiger partial charge on any atom is 0.322 e. The summed E-state index contributed by atoms with van der Waals surface area (Å²) in [5, 5.41) is 18.0. The second-order valence-corrected chi connectivity index (χ2v) is 8.15. The molecular weight excluding hydrogens is 408 g/mol. The normalized spacial score (nSPS) is 19.3. The zero-order chi connectivity index (χ0) is 22.3. The van der Waals surface area contributed by atoms with Gasteiger partial charge in [0.15, 0.2) is 0 Å². The van der Waals surface area contributed by atoms with Crippen molar-refractivity contribution in [3.05, 3.63) is 59.7 Å². The third-order valence-electron chi connectivity index (χ3n) is 5.99. The Labute approximate surface area is 187 Å². The van der Waals surface area contributed by atoms with E-state index in [9.17, 15) is 14.7 Å². The Balaban J connectivity index is 1.32. The minimum Gasteiger partial charge on any atom is -0.395 e. The highest BCUT2D eigenvalue weighted by molar-refractivity contribution is 5.91. The number of nitrogens with one attached hydrogen (secondary N) is 3. The minimum atomic E-state index is -0.286. The smallest absolute Gasteiger partial charge is 0.322 e. The lowest BCUT2D eigenvalue weighted by atomic mass is 10.1. The third-order valence-corrected chi connectivity index (χ3v) is 5.99. The largest absolute Gasteiger partial charge is 0.395 e. The van der Waals surface area contributed by atoms with Crippen molar-refractivity contribution < 1.29 is 19.4 Å². The van der Waals surface area contributed by atoms with Crippen molar-refractivity contribution in [1.82, 2.24) is 10.2 Å². The average molecular weight is 439 g/mol. The molecule has 8 nitrogen and oxygen atoms in total. The number of aliphatic hydroxyl groups excluding tert-OH is 1. The van der Waals surface area contributed by atoms with Crippen LogP contribution < -0.4 is 16.0 Å². The van der Waals surface area contributed by atoms with Gasteiger partial charge in [-0.1, -0.05) is 24.3 Å². The van der Waals surface area contributed by atoms with Crippen LogP contribution in [0, 0.1) is 0 Å². The van der Waals surface area contributed by atoms with Crippen molar-refractivity contribution in [2.45, 2.75) is 37.8 Å². The molecule has 8 heteroatoms. The highest BCUT2D eigenvalue weighted by atomic mass is 16.5. The lowest BCUT2D eigenvalue weighted by Gasteiger charge is -2.29.